The second-order valence-corrected chi connectivity index (χ2v) is 6.76. The molecule has 24 heavy (non-hydrogen) atoms. The van der Waals surface area contributed by atoms with Crippen molar-refractivity contribution in [2.45, 2.75) is 51.1 Å². The van der Waals surface area contributed by atoms with Crippen molar-refractivity contribution in [3.63, 3.8) is 0 Å². The van der Waals surface area contributed by atoms with E-state index in [-0.39, 0.29) is 17.9 Å². The summed E-state index contributed by atoms with van der Waals surface area (Å²) in [6, 6.07) is 2.17. The molecule has 0 radical (unpaired) electrons. The molecule has 130 valence electrons. The molecule has 0 aliphatic carbocycles. The number of likely N-dealkylation sites (tertiary alicyclic amines) is 2. The lowest BCUT2D eigenvalue weighted by Gasteiger charge is -2.38. The maximum atomic E-state index is 12.7. The Labute approximate surface area is 143 Å². The van der Waals surface area contributed by atoms with Gasteiger partial charge in [0.15, 0.2) is 0 Å². The van der Waals surface area contributed by atoms with Crippen LogP contribution in [0.2, 0.25) is 0 Å². The lowest BCUT2D eigenvalue weighted by Crippen LogP contribution is -2.51. The molecule has 2 aliphatic rings. The molecule has 3 heterocycles. The summed E-state index contributed by atoms with van der Waals surface area (Å²) in [5, 5.41) is 0. The van der Waals surface area contributed by atoms with Gasteiger partial charge in [-0.15, -0.1) is 0 Å². The van der Waals surface area contributed by atoms with Crippen LogP contribution < -0.4 is 5.73 Å². The molecular weight excluding hydrogens is 304 g/mol. The number of rotatable bonds is 4. The third-order valence-corrected chi connectivity index (χ3v) is 5.29. The molecule has 6 nitrogen and oxygen atoms in total. The highest BCUT2D eigenvalue weighted by molar-refractivity contribution is 5.94. The third-order valence-electron chi connectivity index (χ3n) is 5.29. The van der Waals surface area contributed by atoms with Crippen molar-refractivity contribution in [1.29, 1.82) is 0 Å². The van der Waals surface area contributed by atoms with Crippen molar-refractivity contribution >= 4 is 11.8 Å². The molecule has 1 atom stereocenters. The molecule has 2 N–H and O–H groups in total. The predicted octanol–water partition coefficient (Wildman–Crippen LogP) is 1.20. The fourth-order valence-corrected chi connectivity index (χ4v) is 3.91. The van der Waals surface area contributed by atoms with Crippen molar-refractivity contribution in [2.24, 2.45) is 5.73 Å². The number of hydrogen-bond donors (Lipinski definition) is 1. The fraction of sp³-hybridized carbons (Fsp3) is 0.611. The van der Waals surface area contributed by atoms with Crippen LogP contribution in [-0.2, 0) is 11.2 Å². The van der Waals surface area contributed by atoms with Gasteiger partial charge in [0.05, 0.1) is 11.6 Å². The summed E-state index contributed by atoms with van der Waals surface area (Å²) >= 11 is 0. The topological polar surface area (TPSA) is 79.5 Å². The van der Waals surface area contributed by atoms with E-state index in [9.17, 15) is 9.59 Å². The number of nitrogens with two attached hydrogens (primary N) is 1. The number of aryl methyl sites for hydroxylation is 1. The van der Waals surface area contributed by atoms with E-state index in [4.69, 9.17) is 5.73 Å². The van der Waals surface area contributed by atoms with Gasteiger partial charge in [0.2, 0.25) is 5.91 Å². The minimum Gasteiger partial charge on any atom is -0.368 e. The zero-order valence-electron chi connectivity index (χ0n) is 14.3. The van der Waals surface area contributed by atoms with Crippen LogP contribution >= 0.6 is 0 Å². The Hall–Kier alpha value is -1.95. The van der Waals surface area contributed by atoms with Gasteiger partial charge < -0.3 is 10.6 Å². The number of hydrogen-bond acceptors (Lipinski definition) is 4. The van der Waals surface area contributed by atoms with Crippen LogP contribution in [0.15, 0.2) is 18.5 Å². The minimum absolute atomic E-state index is 0.0594. The normalized spacial score (nSPS) is 22.7. The number of pyridine rings is 1. The summed E-state index contributed by atoms with van der Waals surface area (Å²) in [6.45, 7) is 4.44. The van der Waals surface area contributed by atoms with Gasteiger partial charge in [0, 0.05) is 31.5 Å². The molecule has 6 heteroatoms. The second kappa shape index (κ2) is 7.30. The van der Waals surface area contributed by atoms with Crippen molar-refractivity contribution in [1.82, 2.24) is 14.8 Å². The number of piperidine rings is 1. The zero-order chi connectivity index (χ0) is 17.1. The molecule has 3 rings (SSSR count). The smallest absolute Gasteiger partial charge is 0.255 e. The highest BCUT2D eigenvalue weighted by Crippen LogP contribution is 2.26. The van der Waals surface area contributed by atoms with Crippen molar-refractivity contribution in [2.75, 3.05) is 19.6 Å². The molecule has 0 bridgehead atoms. The average Bonchev–Trinajstić information content (AvgIpc) is 3.11. The van der Waals surface area contributed by atoms with Crippen LogP contribution in [0, 0.1) is 0 Å². The Morgan fingerprint density at radius 3 is 2.62 bits per heavy atom. The monoisotopic (exact) mass is 330 g/mol. The van der Waals surface area contributed by atoms with Crippen molar-refractivity contribution < 1.29 is 9.59 Å². The number of amides is 2. The first-order chi connectivity index (χ1) is 11.6. The minimum atomic E-state index is -0.214. The molecule has 0 saturated carbocycles. The largest absolute Gasteiger partial charge is 0.368 e. The molecule has 2 amide bonds. The van der Waals surface area contributed by atoms with Gasteiger partial charge in [0.25, 0.3) is 5.91 Å². The van der Waals surface area contributed by atoms with Gasteiger partial charge in [0.1, 0.15) is 0 Å². The van der Waals surface area contributed by atoms with E-state index < -0.39 is 0 Å². The van der Waals surface area contributed by atoms with Gasteiger partial charge >= 0.3 is 0 Å². The fourth-order valence-electron chi connectivity index (χ4n) is 3.91. The molecule has 2 aliphatic heterocycles. The summed E-state index contributed by atoms with van der Waals surface area (Å²) in [5.74, 6) is -0.155. The molecule has 1 aromatic heterocycles. The maximum Gasteiger partial charge on any atom is 0.255 e. The Morgan fingerprint density at radius 2 is 1.96 bits per heavy atom. The van der Waals surface area contributed by atoms with Gasteiger partial charge in [-0.3, -0.25) is 19.5 Å². The first kappa shape index (κ1) is 16.9. The van der Waals surface area contributed by atoms with Crippen LogP contribution in [0.25, 0.3) is 0 Å². The standard InChI is InChI=1S/C18H26N4O2/c1-2-13-10-14(12-20-11-13)18(24)21-8-5-15(6-9-21)22-7-3-4-16(22)17(19)23/h10-12,15-16H,2-9H2,1H3,(H2,19,23). The van der Waals surface area contributed by atoms with E-state index in [2.05, 4.69) is 16.8 Å². The summed E-state index contributed by atoms with van der Waals surface area (Å²) in [6.07, 6.45) is 8.02. The second-order valence-electron chi connectivity index (χ2n) is 6.76. The van der Waals surface area contributed by atoms with E-state index in [0.29, 0.717) is 11.6 Å². The van der Waals surface area contributed by atoms with Crippen molar-refractivity contribution in [3.05, 3.63) is 29.6 Å². The van der Waals surface area contributed by atoms with Crippen molar-refractivity contribution in [3.8, 4) is 0 Å². The van der Waals surface area contributed by atoms with E-state index in [0.717, 1.165) is 57.3 Å². The van der Waals surface area contributed by atoms with E-state index in [1.165, 1.54) is 0 Å². The van der Waals surface area contributed by atoms with E-state index in [1.54, 1.807) is 12.4 Å². The Kier molecular flexibility index (Phi) is 5.14. The molecule has 2 saturated heterocycles. The number of primary amides is 1. The molecule has 1 aromatic rings. The maximum absolute atomic E-state index is 12.7. The van der Waals surface area contributed by atoms with Crippen LogP contribution in [0.1, 0.15) is 48.5 Å². The van der Waals surface area contributed by atoms with E-state index >= 15 is 0 Å². The van der Waals surface area contributed by atoms with Crippen LogP contribution in [0.3, 0.4) is 0 Å². The van der Waals surface area contributed by atoms with Crippen LogP contribution in [0.4, 0.5) is 0 Å². The number of carbonyl (C=O) groups is 2. The SMILES string of the molecule is CCc1cncc(C(=O)N2CCC(N3CCCC3C(N)=O)CC2)c1. The van der Waals surface area contributed by atoms with Gasteiger partial charge in [-0.1, -0.05) is 6.92 Å². The lowest BCUT2D eigenvalue weighted by molar-refractivity contribution is -0.123. The zero-order valence-corrected chi connectivity index (χ0v) is 14.3. The summed E-state index contributed by atoms with van der Waals surface area (Å²) in [7, 11) is 0. The molecule has 0 spiro atoms. The van der Waals surface area contributed by atoms with Crippen LogP contribution in [-0.4, -0.2) is 58.3 Å². The third kappa shape index (κ3) is 3.43. The number of aromatic nitrogens is 1. The summed E-state index contributed by atoms with van der Waals surface area (Å²) < 4.78 is 0. The van der Waals surface area contributed by atoms with Gasteiger partial charge in [-0.25, -0.2) is 0 Å². The molecular formula is C18H26N4O2. The highest BCUT2D eigenvalue weighted by Gasteiger charge is 2.36. The first-order valence-electron chi connectivity index (χ1n) is 8.88. The van der Waals surface area contributed by atoms with E-state index in [1.807, 2.05) is 11.0 Å². The molecule has 0 aromatic carbocycles. The Balaban J connectivity index is 1.60. The predicted molar refractivity (Wildman–Crippen MR) is 91.5 cm³/mol. The molecule has 2 fully saturated rings. The Morgan fingerprint density at radius 1 is 1.21 bits per heavy atom. The summed E-state index contributed by atoms with van der Waals surface area (Å²) in [5.41, 5.74) is 7.27. The Bertz CT molecular complexity index is 611. The lowest BCUT2D eigenvalue weighted by atomic mass is 10.0. The first-order valence-corrected chi connectivity index (χ1v) is 8.88. The molecule has 1 unspecified atom stereocenters. The van der Waals surface area contributed by atoms with Gasteiger partial charge in [-0.05, 0) is 50.3 Å². The number of carbonyl (C=O) groups excluding carboxylic acids is 2. The average molecular weight is 330 g/mol. The number of nitrogens with zero attached hydrogens (tertiary/aromatic N) is 3. The van der Waals surface area contributed by atoms with Crippen LogP contribution in [0.5, 0.6) is 0 Å². The highest BCUT2D eigenvalue weighted by atomic mass is 16.2. The van der Waals surface area contributed by atoms with Gasteiger partial charge in [-0.2, -0.15) is 0 Å². The quantitative estimate of drug-likeness (QED) is 0.899. The summed E-state index contributed by atoms with van der Waals surface area (Å²) in [4.78, 5) is 32.6.